The summed E-state index contributed by atoms with van der Waals surface area (Å²) in [6.45, 7) is -3.63. The first kappa shape index (κ1) is 15.8. The second-order valence-electron chi connectivity index (χ2n) is 5.05. The van der Waals surface area contributed by atoms with Crippen LogP contribution in [0.2, 0.25) is 0 Å². The second-order valence-corrected chi connectivity index (χ2v) is 8.47. The van der Waals surface area contributed by atoms with Crippen LogP contribution in [0.5, 0.6) is 0 Å². The maximum absolute atomic E-state index is 11.8. The van der Waals surface area contributed by atoms with Gasteiger partial charge in [-0.25, -0.2) is 15.0 Å². The normalized spacial score (nSPS) is 37.2. The van der Waals surface area contributed by atoms with E-state index in [-0.39, 0.29) is 12.4 Å². The third-order valence-electron chi connectivity index (χ3n) is 3.67. The van der Waals surface area contributed by atoms with Crippen LogP contribution < -0.4 is 10.6 Å². The van der Waals surface area contributed by atoms with Gasteiger partial charge in [0.05, 0.1) is 6.61 Å². The SMILES string of the molecule is Nc1ncnc2c1nc(Br)n2[C@@H]1O[C@@H]2COP([O-])(=S)O[C@H]2[C@H]1O. The second kappa shape index (κ2) is 5.39. The molecule has 0 saturated carbocycles. The van der Waals surface area contributed by atoms with Crippen molar-refractivity contribution in [2.24, 2.45) is 0 Å². The Bertz CT molecular complexity index is 835. The van der Waals surface area contributed by atoms with Gasteiger partial charge in [0.15, 0.2) is 27.9 Å². The third kappa shape index (κ3) is 2.50. The first-order chi connectivity index (χ1) is 10.9. The molecule has 0 amide bonds. The van der Waals surface area contributed by atoms with Gasteiger partial charge in [-0.2, -0.15) is 0 Å². The molecule has 23 heavy (non-hydrogen) atoms. The van der Waals surface area contributed by atoms with E-state index in [0.717, 1.165) is 0 Å². The third-order valence-corrected chi connectivity index (χ3v) is 5.77. The molecule has 2 fully saturated rings. The van der Waals surface area contributed by atoms with E-state index >= 15 is 0 Å². The van der Waals surface area contributed by atoms with E-state index < -0.39 is 31.3 Å². The van der Waals surface area contributed by atoms with Crippen LogP contribution in [0, 0.1) is 0 Å². The van der Waals surface area contributed by atoms with Gasteiger partial charge in [-0.3, -0.25) is 4.57 Å². The number of aliphatic hydroxyl groups is 1. The average Bonchev–Trinajstić information content (AvgIpc) is 2.97. The highest BCUT2D eigenvalue weighted by Gasteiger charge is 2.50. The average molecular weight is 423 g/mol. The molecule has 1 unspecified atom stereocenters. The zero-order valence-corrected chi connectivity index (χ0v) is 14.6. The number of halogens is 1. The van der Waals surface area contributed by atoms with Crippen molar-refractivity contribution in [2.45, 2.75) is 24.5 Å². The molecule has 2 aliphatic rings. The fourth-order valence-corrected chi connectivity index (χ4v) is 4.64. The number of aromatic nitrogens is 4. The molecule has 2 aliphatic heterocycles. The zero-order chi connectivity index (χ0) is 16.4. The van der Waals surface area contributed by atoms with Crippen LogP contribution in [0.1, 0.15) is 6.23 Å². The Balaban J connectivity index is 1.76. The molecule has 4 rings (SSSR count). The molecule has 0 spiro atoms. The summed E-state index contributed by atoms with van der Waals surface area (Å²) >= 11 is 8.00. The van der Waals surface area contributed by atoms with E-state index in [9.17, 15) is 10.00 Å². The van der Waals surface area contributed by atoms with Crippen molar-refractivity contribution in [1.82, 2.24) is 19.5 Å². The summed E-state index contributed by atoms with van der Waals surface area (Å²) < 4.78 is 17.8. The number of hydrogen-bond donors (Lipinski definition) is 2. The lowest BCUT2D eigenvalue weighted by Crippen LogP contribution is -2.40. The van der Waals surface area contributed by atoms with Crippen LogP contribution in [0.15, 0.2) is 11.1 Å². The Kier molecular flexibility index (Phi) is 3.70. The number of anilines is 1. The summed E-state index contributed by atoms with van der Waals surface area (Å²) in [6.07, 6.45) is -2.20. The van der Waals surface area contributed by atoms with E-state index in [2.05, 4.69) is 30.9 Å². The van der Waals surface area contributed by atoms with Crippen molar-refractivity contribution < 1.29 is 23.8 Å². The number of nitrogen functional groups attached to an aromatic ring is 1. The summed E-state index contributed by atoms with van der Waals surface area (Å²) in [5.74, 6) is 0.203. The first-order valence-corrected chi connectivity index (χ1v) is 9.84. The molecule has 2 aromatic heterocycles. The number of nitrogens with zero attached hydrogens (tertiary/aromatic N) is 4. The molecule has 0 aliphatic carbocycles. The Morgan fingerprint density at radius 1 is 1.52 bits per heavy atom. The van der Waals surface area contributed by atoms with Crippen molar-refractivity contribution in [3.05, 3.63) is 11.1 Å². The molecular formula is C10H10BrN5O5PS-. The van der Waals surface area contributed by atoms with Crippen molar-refractivity contribution in [3.63, 3.8) is 0 Å². The lowest BCUT2D eigenvalue weighted by molar-refractivity contribution is -0.227. The maximum Gasteiger partial charge on any atom is 0.181 e. The summed E-state index contributed by atoms with van der Waals surface area (Å²) in [5, 5.41) is 10.5. The van der Waals surface area contributed by atoms with Crippen LogP contribution in [0.25, 0.3) is 11.2 Å². The molecule has 5 atom stereocenters. The highest BCUT2D eigenvalue weighted by atomic mass is 79.9. The minimum absolute atomic E-state index is 0.0274. The molecular weight excluding hydrogens is 413 g/mol. The van der Waals surface area contributed by atoms with Crippen LogP contribution in [0.3, 0.4) is 0 Å². The van der Waals surface area contributed by atoms with Crippen molar-refractivity contribution in [1.29, 1.82) is 0 Å². The summed E-state index contributed by atoms with van der Waals surface area (Å²) in [7, 11) is 0. The largest absolute Gasteiger partial charge is 0.780 e. The van der Waals surface area contributed by atoms with E-state index in [4.69, 9.17) is 31.3 Å². The number of hydrogen-bond acceptors (Lipinski definition) is 10. The van der Waals surface area contributed by atoms with Crippen molar-refractivity contribution in [3.8, 4) is 0 Å². The maximum atomic E-state index is 11.8. The van der Waals surface area contributed by atoms with Gasteiger partial charge in [-0.05, 0) is 15.9 Å². The topological polar surface area (TPSA) is 141 Å². The summed E-state index contributed by atoms with van der Waals surface area (Å²) in [5.41, 5.74) is 6.53. The number of aliphatic hydroxyl groups excluding tert-OH is 1. The Morgan fingerprint density at radius 3 is 3.09 bits per heavy atom. The first-order valence-electron chi connectivity index (χ1n) is 6.49. The van der Waals surface area contributed by atoms with Crippen molar-refractivity contribution >= 4 is 51.4 Å². The van der Waals surface area contributed by atoms with Gasteiger partial charge >= 0.3 is 0 Å². The molecule has 124 valence electrons. The predicted molar refractivity (Wildman–Crippen MR) is 82.5 cm³/mol. The van der Waals surface area contributed by atoms with Crippen molar-refractivity contribution in [2.75, 3.05) is 12.3 Å². The van der Waals surface area contributed by atoms with Gasteiger partial charge in [0.25, 0.3) is 0 Å². The molecule has 3 N–H and O–H groups in total. The molecule has 2 saturated heterocycles. The molecule has 10 nitrogen and oxygen atoms in total. The highest BCUT2D eigenvalue weighted by Crippen LogP contribution is 2.50. The fourth-order valence-electron chi connectivity index (χ4n) is 2.67. The number of ether oxygens (including phenoxy) is 1. The number of nitrogens with two attached hydrogens (primary N) is 1. The zero-order valence-electron chi connectivity index (χ0n) is 11.3. The molecule has 0 radical (unpaired) electrons. The van der Waals surface area contributed by atoms with Crippen LogP contribution >= 0.6 is 22.6 Å². The monoisotopic (exact) mass is 422 g/mol. The summed E-state index contributed by atoms with van der Waals surface area (Å²) in [6, 6.07) is 0. The molecule has 0 bridgehead atoms. The quantitative estimate of drug-likeness (QED) is 0.453. The van der Waals surface area contributed by atoms with E-state index in [1.165, 1.54) is 10.9 Å². The summed E-state index contributed by atoms with van der Waals surface area (Å²) in [4.78, 5) is 24.0. The Hall–Kier alpha value is -0.720. The van der Waals surface area contributed by atoms with Gasteiger partial charge in [-0.1, -0.05) is 11.8 Å². The molecule has 2 aromatic rings. The van der Waals surface area contributed by atoms with E-state index in [1.54, 1.807) is 0 Å². The van der Waals surface area contributed by atoms with Gasteiger partial charge in [0.1, 0.15) is 31.4 Å². The van der Waals surface area contributed by atoms with Crippen LogP contribution in [-0.2, 0) is 25.6 Å². The molecule has 4 heterocycles. The number of imidazole rings is 1. The predicted octanol–water partition coefficient (Wildman–Crippen LogP) is -0.571. The number of fused-ring (bicyclic) bond motifs is 2. The lowest BCUT2D eigenvalue weighted by atomic mass is 10.1. The minimum Gasteiger partial charge on any atom is -0.780 e. The Morgan fingerprint density at radius 2 is 2.30 bits per heavy atom. The lowest BCUT2D eigenvalue weighted by Gasteiger charge is -2.38. The van der Waals surface area contributed by atoms with Gasteiger partial charge in [0.2, 0.25) is 0 Å². The van der Waals surface area contributed by atoms with E-state index in [0.29, 0.717) is 15.9 Å². The van der Waals surface area contributed by atoms with Gasteiger partial charge < -0.3 is 29.5 Å². The van der Waals surface area contributed by atoms with Gasteiger partial charge in [-0.15, -0.1) is 0 Å². The minimum atomic E-state index is -3.60. The molecule has 0 aromatic carbocycles. The fraction of sp³-hybridized carbons (Fsp3) is 0.500. The highest BCUT2D eigenvalue weighted by molar-refractivity contribution is 9.10. The van der Waals surface area contributed by atoms with Crippen LogP contribution in [0.4, 0.5) is 5.82 Å². The smallest absolute Gasteiger partial charge is 0.181 e. The van der Waals surface area contributed by atoms with E-state index in [1.807, 2.05) is 0 Å². The van der Waals surface area contributed by atoms with Crippen LogP contribution in [-0.4, -0.2) is 49.5 Å². The Labute approximate surface area is 143 Å². The standard InChI is InChI=1S/C10H11BrN5O5PS/c11-10-15-4-7(12)13-2-14-8(4)16(10)9-5(17)6-3(20-9)1-19-22(18,23)21-6/h2-3,5-6,9,17H,1H2,(H,18,23)(H2,12,13,14)/p-1/t3-,5-,6-,9-,22?/m1/s1. The molecule has 13 heteroatoms. The van der Waals surface area contributed by atoms with Gasteiger partial charge in [0, 0.05) is 0 Å². The number of rotatable bonds is 1.